The Labute approximate surface area is 145 Å². The zero-order chi connectivity index (χ0) is 17.3. The van der Waals surface area contributed by atoms with Crippen molar-refractivity contribution in [1.82, 2.24) is 0 Å². The molecule has 0 radical (unpaired) electrons. The molecule has 0 aromatic heterocycles. The van der Waals surface area contributed by atoms with Crippen molar-refractivity contribution in [1.29, 1.82) is 0 Å². The van der Waals surface area contributed by atoms with Gasteiger partial charge in [-0.05, 0) is 25.2 Å². The van der Waals surface area contributed by atoms with Gasteiger partial charge in [-0.3, -0.25) is 4.79 Å². The first-order valence-electron chi connectivity index (χ1n) is 10.3. The molecule has 2 heteroatoms. The lowest BCUT2D eigenvalue weighted by atomic mass is 9.94. The number of carbonyl (C=O) groups is 1. The molecule has 1 unspecified atom stereocenters. The van der Waals surface area contributed by atoms with Gasteiger partial charge in [0.25, 0.3) is 0 Å². The van der Waals surface area contributed by atoms with Crippen LogP contribution in [-0.4, -0.2) is 12.6 Å². The van der Waals surface area contributed by atoms with E-state index in [4.69, 9.17) is 4.74 Å². The summed E-state index contributed by atoms with van der Waals surface area (Å²) < 4.78 is 5.55. The number of ether oxygens (including phenoxy) is 1. The van der Waals surface area contributed by atoms with Crippen LogP contribution < -0.4 is 0 Å². The molecule has 0 saturated heterocycles. The summed E-state index contributed by atoms with van der Waals surface area (Å²) in [7, 11) is 0. The van der Waals surface area contributed by atoms with Crippen LogP contribution in [0.4, 0.5) is 0 Å². The fourth-order valence-electron chi connectivity index (χ4n) is 2.95. The van der Waals surface area contributed by atoms with Crippen molar-refractivity contribution in [2.24, 2.45) is 11.8 Å². The summed E-state index contributed by atoms with van der Waals surface area (Å²) in [6.45, 7) is 9.59. The molecule has 0 bridgehead atoms. The highest BCUT2D eigenvalue weighted by molar-refractivity contribution is 5.72. The summed E-state index contributed by atoms with van der Waals surface area (Å²) in [5, 5.41) is 0. The molecule has 0 rings (SSSR count). The first-order valence-corrected chi connectivity index (χ1v) is 10.3. The van der Waals surface area contributed by atoms with E-state index in [2.05, 4.69) is 27.7 Å². The highest BCUT2D eigenvalue weighted by atomic mass is 16.5. The zero-order valence-electron chi connectivity index (χ0n) is 16.4. The van der Waals surface area contributed by atoms with Gasteiger partial charge in [0.15, 0.2) is 0 Å². The fraction of sp³-hybridized carbons (Fsp3) is 0.952. The normalized spacial score (nSPS) is 12.6. The van der Waals surface area contributed by atoms with Gasteiger partial charge >= 0.3 is 5.97 Å². The molecule has 23 heavy (non-hydrogen) atoms. The summed E-state index contributed by atoms with van der Waals surface area (Å²) in [5.74, 6) is 0.975. The molecule has 0 saturated carbocycles. The van der Waals surface area contributed by atoms with Gasteiger partial charge in [-0.1, -0.05) is 91.9 Å². The minimum absolute atomic E-state index is 0.0663. The van der Waals surface area contributed by atoms with Crippen LogP contribution in [-0.2, 0) is 9.53 Å². The van der Waals surface area contributed by atoms with E-state index >= 15 is 0 Å². The molecule has 0 amide bonds. The van der Waals surface area contributed by atoms with Gasteiger partial charge in [0.2, 0.25) is 0 Å². The smallest absolute Gasteiger partial charge is 0.308 e. The Morgan fingerprint density at radius 3 is 1.96 bits per heavy atom. The van der Waals surface area contributed by atoms with E-state index in [1.807, 2.05) is 0 Å². The first kappa shape index (κ1) is 22.5. The van der Waals surface area contributed by atoms with Crippen LogP contribution in [0.25, 0.3) is 0 Å². The number of rotatable bonds is 16. The van der Waals surface area contributed by atoms with Crippen molar-refractivity contribution in [2.75, 3.05) is 6.61 Å². The van der Waals surface area contributed by atoms with Gasteiger partial charge in [-0.2, -0.15) is 0 Å². The largest absolute Gasteiger partial charge is 0.465 e. The van der Waals surface area contributed by atoms with Crippen molar-refractivity contribution in [3.63, 3.8) is 0 Å². The van der Waals surface area contributed by atoms with E-state index in [1.54, 1.807) is 0 Å². The van der Waals surface area contributed by atoms with Gasteiger partial charge in [0.05, 0.1) is 12.5 Å². The van der Waals surface area contributed by atoms with Crippen LogP contribution in [0.3, 0.4) is 0 Å². The van der Waals surface area contributed by atoms with Crippen LogP contribution in [0.15, 0.2) is 0 Å². The molecule has 0 aliphatic carbocycles. The number of carbonyl (C=O) groups excluding carboxylic acids is 1. The van der Waals surface area contributed by atoms with E-state index in [-0.39, 0.29) is 11.9 Å². The molecule has 1 atom stereocenters. The minimum Gasteiger partial charge on any atom is -0.465 e. The van der Waals surface area contributed by atoms with Gasteiger partial charge in [0, 0.05) is 0 Å². The lowest BCUT2D eigenvalue weighted by Gasteiger charge is -2.16. The third-order valence-electron chi connectivity index (χ3n) is 4.57. The van der Waals surface area contributed by atoms with E-state index < -0.39 is 0 Å². The minimum atomic E-state index is 0.0663. The highest BCUT2D eigenvalue weighted by Crippen LogP contribution is 2.20. The van der Waals surface area contributed by atoms with E-state index in [0.29, 0.717) is 6.61 Å². The molecule has 2 nitrogen and oxygen atoms in total. The third kappa shape index (κ3) is 14.8. The number of unbranched alkanes of at least 4 members (excludes halogenated alkanes) is 7. The molecule has 0 fully saturated rings. The molecule has 0 aromatic carbocycles. The number of hydrogen-bond donors (Lipinski definition) is 0. The summed E-state index contributed by atoms with van der Waals surface area (Å²) in [6.07, 6.45) is 15.4. The van der Waals surface area contributed by atoms with Crippen molar-refractivity contribution >= 4 is 5.97 Å². The number of hydrogen-bond acceptors (Lipinski definition) is 2. The predicted molar refractivity (Wildman–Crippen MR) is 101 cm³/mol. The lowest BCUT2D eigenvalue weighted by molar-refractivity contribution is -0.149. The van der Waals surface area contributed by atoms with Gasteiger partial charge in [0.1, 0.15) is 0 Å². The average molecular weight is 327 g/mol. The first-order chi connectivity index (χ1) is 11.1. The van der Waals surface area contributed by atoms with Crippen LogP contribution >= 0.6 is 0 Å². The Kier molecular flexibility index (Phi) is 16.0. The number of esters is 1. The van der Waals surface area contributed by atoms with Crippen LogP contribution in [0.2, 0.25) is 0 Å². The topological polar surface area (TPSA) is 26.3 Å². The Hall–Kier alpha value is -0.530. The molecular formula is C21H42O2. The quantitative estimate of drug-likeness (QED) is 0.227. The molecule has 0 aliphatic heterocycles. The summed E-state index contributed by atoms with van der Waals surface area (Å²) in [6, 6.07) is 0. The monoisotopic (exact) mass is 326 g/mol. The predicted octanol–water partition coefficient (Wildman–Crippen LogP) is 6.91. The van der Waals surface area contributed by atoms with Crippen molar-refractivity contribution < 1.29 is 9.53 Å². The Bertz CT molecular complexity index is 261. The second-order valence-electron chi connectivity index (χ2n) is 7.45. The average Bonchev–Trinajstić information content (AvgIpc) is 2.52. The van der Waals surface area contributed by atoms with Crippen LogP contribution in [0, 0.1) is 11.8 Å². The van der Waals surface area contributed by atoms with E-state index in [9.17, 15) is 4.79 Å². The molecule has 0 aliphatic rings. The molecule has 0 spiro atoms. The Balaban J connectivity index is 3.85. The molecule has 0 N–H and O–H groups in total. The second kappa shape index (κ2) is 16.3. The SMILES string of the molecule is CCCCCCCCOC(=O)C(CCCC)CCCCC(C)C. The summed E-state index contributed by atoms with van der Waals surface area (Å²) in [5.41, 5.74) is 0. The molecule has 0 heterocycles. The highest BCUT2D eigenvalue weighted by Gasteiger charge is 2.19. The van der Waals surface area contributed by atoms with Gasteiger partial charge in [-0.25, -0.2) is 0 Å². The third-order valence-corrected chi connectivity index (χ3v) is 4.57. The van der Waals surface area contributed by atoms with Crippen molar-refractivity contribution in [3.8, 4) is 0 Å². The maximum atomic E-state index is 12.3. The summed E-state index contributed by atoms with van der Waals surface area (Å²) >= 11 is 0. The van der Waals surface area contributed by atoms with Gasteiger partial charge in [-0.15, -0.1) is 0 Å². The standard InChI is InChI=1S/C21H42O2/c1-5-7-9-10-11-14-18-23-21(22)20(16-8-6-2)17-13-12-15-19(3)4/h19-20H,5-18H2,1-4H3. The van der Waals surface area contributed by atoms with Crippen molar-refractivity contribution in [3.05, 3.63) is 0 Å². The summed E-state index contributed by atoms with van der Waals surface area (Å²) in [4.78, 5) is 12.3. The molecular weight excluding hydrogens is 284 g/mol. The van der Waals surface area contributed by atoms with Crippen LogP contribution in [0.5, 0.6) is 0 Å². The maximum Gasteiger partial charge on any atom is 0.308 e. The fourth-order valence-corrected chi connectivity index (χ4v) is 2.95. The lowest BCUT2D eigenvalue weighted by Crippen LogP contribution is -2.18. The Morgan fingerprint density at radius 2 is 1.30 bits per heavy atom. The molecule has 0 aromatic rings. The van der Waals surface area contributed by atoms with Crippen LogP contribution in [0.1, 0.15) is 111 Å². The molecule has 138 valence electrons. The van der Waals surface area contributed by atoms with E-state index in [0.717, 1.165) is 38.0 Å². The Morgan fingerprint density at radius 1 is 0.739 bits per heavy atom. The van der Waals surface area contributed by atoms with E-state index in [1.165, 1.54) is 51.4 Å². The van der Waals surface area contributed by atoms with Gasteiger partial charge < -0.3 is 4.74 Å². The van der Waals surface area contributed by atoms with Crippen molar-refractivity contribution in [2.45, 2.75) is 111 Å². The zero-order valence-corrected chi connectivity index (χ0v) is 16.4. The maximum absolute atomic E-state index is 12.3. The second-order valence-corrected chi connectivity index (χ2v) is 7.45.